The van der Waals surface area contributed by atoms with Crippen molar-refractivity contribution in [1.82, 2.24) is 4.90 Å². The maximum absolute atomic E-state index is 12.3. The number of nitrogens with zero attached hydrogens (tertiary/aromatic N) is 1. The first-order valence-electron chi connectivity index (χ1n) is 8.15. The maximum Gasteiger partial charge on any atom is 0.410 e. The van der Waals surface area contributed by atoms with Gasteiger partial charge in [0, 0.05) is 12.1 Å². The van der Waals surface area contributed by atoms with Crippen LogP contribution in [-0.2, 0) is 14.3 Å². The lowest BCUT2D eigenvalue weighted by molar-refractivity contribution is -0.142. The molecule has 2 unspecified atom stereocenters. The summed E-state index contributed by atoms with van der Waals surface area (Å²) >= 11 is 0. The van der Waals surface area contributed by atoms with Crippen LogP contribution in [0.15, 0.2) is 11.6 Å². The molecule has 0 N–H and O–H groups in total. The van der Waals surface area contributed by atoms with Crippen molar-refractivity contribution < 1.29 is 19.1 Å². The summed E-state index contributed by atoms with van der Waals surface area (Å²) in [7, 11) is 0. The van der Waals surface area contributed by atoms with Gasteiger partial charge in [0.05, 0.1) is 13.0 Å². The van der Waals surface area contributed by atoms with Crippen LogP contribution in [0.2, 0.25) is 0 Å². The zero-order valence-electron chi connectivity index (χ0n) is 14.1. The van der Waals surface area contributed by atoms with Gasteiger partial charge in [-0.1, -0.05) is 11.6 Å². The molecule has 0 aromatic rings. The Morgan fingerprint density at radius 1 is 1.23 bits per heavy atom. The summed E-state index contributed by atoms with van der Waals surface area (Å²) in [4.78, 5) is 25.7. The van der Waals surface area contributed by atoms with Crippen molar-refractivity contribution in [2.75, 3.05) is 6.61 Å². The van der Waals surface area contributed by atoms with E-state index >= 15 is 0 Å². The van der Waals surface area contributed by atoms with Crippen molar-refractivity contribution in [3.8, 4) is 0 Å². The second kappa shape index (κ2) is 6.71. The molecule has 1 amide bonds. The summed E-state index contributed by atoms with van der Waals surface area (Å²) < 4.78 is 10.5. The van der Waals surface area contributed by atoms with E-state index in [-0.39, 0.29) is 24.1 Å². The summed E-state index contributed by atoms with van der Waals surface area (Å²) in [6.45, 7) is 7.90. The van der Waals surface area contributed by atoms with E-state index in [4.69, 9.17) is 9.47 Å². The van der Waals surface area contributed by atoms with E-state index in [1.807, 2.05) is 38.7 Å². The molecule has 2 bridgehead atoms. The highest BCUT2D eigenvalue weighted by molar-refractivity contribution is 5.72. The van der Waals surface area contributed by atoms with Crippen LogP contribution in [0, 0.1) is 0 Å². The average molecular weight is 309 g/mol. The SMILES string of the molecule is CCOC(=O)CC=C1CC2CCC(C1)N2C(=O)OC(C)(C)C. The molecule has 0 spiro atoms. The van der Waals surface area contributed by atoms with Crippen LogP contribution in [0.4, 0.5) is 4.79 Å². The Morgan fingerprint density at radius 2 is 1.82 bits per heavy atom. The molecule has 124 valence electrons. The number of rotatable bonds is 3. The predicted octanol–water partition coefficient (Wildman–Crippen LogP) is 3.43. The second-order valence-electron chi connectivity index (χ2n) is 7.05. The number of hydrogen-bond acceptors (Lipinski definition) is 4. The standard InChI is InChI=1S/C17H27NO4/c1-5-21-15(19)9-6-12-10-13-7-8-14(11-12)18(13)16(20)22-17(2,3)4/h6,13-14H,5,7-11H2,1-4H3. The van der Waals surface area contributed by atoms with Crippen molar-refractivity contribution in [3.63, 3.8) is 0 Å². The van der Waals surface area contributed by atoms with Gasteiger partial charge in [-0.2, -0.15) is 0 Å². The lowest BCUT2D eigenvalue weighted by Crippen LogP contribution is -2.47. The quantitative estimate of drug-likeness (QED) is 0.592. The predicted molar refractivity (Wildman–Crippen MR) is 83.5 cm³/mol. The largest absolute Gasteiger partial charge is 0.466 e. The number of amides is 1. The Kier molecular flexibility index (Phi) is 5.14. The third-order valence-electron chi connectivity index (χ3n) is 4.08. The molecule has 2 atom stereocenters. The molecule has 0 aliphatic carbocycles. The van der Waals surface area contributed by atoms with Crippen LogP contribution in [0.1, 0.15) is 59.8 Å². The monoisotopic (exact) mass is 309 g/mol. The minimum Gasteiger partial charge on any atom is -0.466 e. The number of carbonyl (C=O) groups excluding carboxylic acids is 2. The van der Waals surface area contributed by atoms with Crippen molar-refractivity contribution >= 4 is 12.1 Å². The minimum atomic E-state index is -0.462. The Labute approximate surface area is 132 Å². The topological polar surface area (TPSA) is 55.8 Å². The zero-order chi connectivity index (χ0) is 16.3. The molecule has 2 aliphatic rings. The van der Waals surface area contributed by atoms with E-state index in [0.717, 1.165) is 25.7 Å². The van der Waals surface area contributed by atoms with Crippen LogP contribution < -0.4 is 0 Å². The highest BCUT2D eigenvalue weighted by Crippen LogP contribution is 2.39. The normalized spacial score (nSPS) is 24.2. The van der Waals surface area contributed by atoms with Crippen molar-refractivity contribution in [3.05, 3.63) is 11.6 Å². The molecule has 5 nitrogen and oxygen atoms in total. The Hall–Kier alpha value is -1.52. The number of ether oxygens (including phenoxy) is 2. The van der Waals surface area contributed by atoms with E-state index in [9.17, 15) is 9.59 Å². The third-order valence-corrected chi connectivity index (χ3v) is 4.08. The van der Waals surface area contributed by atoms with Gasteiger partial charge in [-0.15, -0.1) is 0 Å². The first-order valence-corrected chi connectivity index (χ1v) is 8.15. The summed E-state index contributed by atoms with van der Waals surface area (Å²) in [5.74, 6) is -0.183. The molecule has 0 aromatic carbocycles. The average Bonchev–Trinajstić information content (AvgIpc) is 2.66. The third kappa shape index (κ3) is 4.24. The molecule has 2 aliphatic heterocycles. The summed E-state index contributed by atoms with van der Waals surface area (Å²) in [5.41, 5.74) is 0.802. The Bertz CT molecular complexity index is 448. The summed E-state index contributed by atoms with van der Waals surface area (Å²) in [5, 5.41) is 0. The van der Waals surface area contributed by atoms with Crippen LogP contribution in [0.5, 0.6) is 0 Å². The van der Waals surface area contributed by atoms with Crippen molar-refractivity contribution in [2.45, 2.75) is 77.5 Å². The fourth-order valence-corrected chi connectivity index (χ4v) is 3.28. The molecular weight excluding hydrogens is 282 g/mol. The molecule has 0 saturated carbocycles. The number of hydrogen-bond donors (Lipinski definition) is 0. The molecule has 0 aromatic heterocycles. The first-order chi connectivity index (χ1) is 10.3. The molecule has 2 heterocycles. The lowest BCUT2D eigenvalue weighted by Gasteiger charge is -2.37. The van der Waals surface area contributed by atoms with Gasteiger partial charge in [0.1, 0.15) is 5.60 Å². The molecule has 22 heavy (non-hydrogen) atoms. The van der Waals surface area contributed by atoms with Gasteiger partial charge in [-0.3, -0.25) is 4.79 Å². The van der Waals surface area contributed by atoms with E-state index in [0.29, 0.717) is 13.0 Å². The summed E-state index contributed by atoms with van der Waals surface area (Å²) in [6.07, 6.45) is 5.82. The summed E-state index contributed by atoms with van der Waals surface area (Å²) in [6, 6.07) is 0.420. The van der Waals surface area contributed by atoms with Gasteiger partial charge >= 0.3 is 12.1 Å². The number of fused-ring (bicyclic) bond motifs is 2. The van der Waals surface area contributed by atoms with Crippen LogP contribution in [0.25, 0.3) is 0 Å². The lowest BCUT2D eigenvalue weighted by atomic mass is 9.96. The van der Waals surface area contributed by atoms with E-state index in [2.05, 4.69) is 0 Å². The Balaban J connectivity index is 1.95. The number of esters is 1. The molecular formula is C17H27NO4. The minimum absolute atomic E-state index is 0.183. The van der Waals surface area contributed by atoms with Gasteiger partial charge < -0.3 is 14.4 Å². The van der Waals surface area contributed by atoms with Crippen LogP contribution in [-0.4, -0.2) is 41.3 Å². The molecule has 5 heteroatoms. The highest BCUT2D eigenvalue weighted by Gasteiger charge is 2.42. The Morgan fingerprint density at radius 3 is 2.32 bits per heavy atom. The molecule has 0 radical (unpaired) electrons. The van der Waals surface area contributed by atoms with E-state index in [1.54, 1.807) is 0 Å². The van der Waals surface area contributed by atoms with Crippen LogP contribution >= 0.6 is 0 Å². The zero-order valence-corrected chi connectivity index (χ0v) is 14.1. The van der Waals surface area contributed by atoms with Crippen LogP contribution in [0.3, 0.4) is 0 Å². The fraction of sp³-hybridized carbons (Fsp3) is 0.765. The maximum atomic E-state index is 12.3. The van der Waals surface area contributed by atoms with Gasteiger partial charge in [0.25, 0.3) is 0 Å². The number of piperidine rings is 1. The van der Waals surface area contributed by atoms with Crippen molar-refractivity contribution in [2.24, 2.45) is 0 Å². The van der Waals surface area contributed by atoms with E-state index < -0.39 is 5.60 Å². The molecule has 2 rings (SSSR count). The van der Waals surface area contributed by atoms with Gasteiger partial charge in [-0.25, -0.2) is 4.79 Å². The van der Waals surface area contributed by atoms with Gasteiger partial charge in [-0.05, 0) is 53.4 Å². The fourth-order valence-electron chi connectivity index (χ4n) is 3.28. The highest BCUT2D eigenvalue weighted by atomic mass is 16.6. The first kappa shape index (κ1) is 16.8. The van der Waals surface area contributed by atoms with Gasteiger partial charge in [0.15, 0.2) is 0 Å². The number of carbonyl (C=O) groups is 2. The smallest absolute Gasteiger partial charge is 0.410 e. The second-order valence-corrected chi connectivity index (χ2v) is 7.05. The molecule has 2 fully saturated rings. The molecule has 2 saturated heterocycles. The van der Waals surface area contributed by atoms with Gasteiger partial charge in [0.2, 0.25) is 0 Å². The van der Waals surface area contributed by atoms with Crippen molar-refractivity contribution in [1.29, 1.82) is 0 Å². The van der Waals surface area contributed by atoms with E-state index in [1.165, 1.54) is 5.57 Å².